The standard InChI is InChI=1S/C12H21N/c1-4-7-8-13-9-11(5-2)12(6-3)10-13/h9-10H,4-8H2,1-3H3. The summed E-state index contributed by atoms with van der Waals surface area (Å²) in [7, 11) is 0. The molecule has 0 bridgehead atoms. The van der Waals surface area contributed by atoms with Crippen LogP contribution in [0.2, 0.25) is 0 Å². The Morgan fingerprint density at radius 2 is 1.54 bits per heavy atom. The number of aryl methyl sites for hydroxylation is 3. The maximum atomic E-state index is 2.35. The minimum Gasteiger partial charge on any atom is -0.354 e. The van der Waals surface area contributed by atoms with Crippen molar-refractivity contribution in [2.75, 3.05) is 0 Å². The Morgan fingerprint density at radius 3 is 1.92 bits per heavy atom. The largest absolute Gasteiger partial charge is 0.354 e. The van der Waals surface area contributed by atoms with Gasteiger partial charge in [-0.25, -0.2) is 0 Å². The van der Waals surface area contributed by atoms with Gasteiger partial charge in [-0.3, -0.25) is 0 Å². The summed E-state index contributed by atoms with van der Waals surface area (Å²) in [4.78, 5) is 0. The van der Waals surface area contributed by atoms with Crippen LogP contribution in [0.4, 0.5) is 0 Å². The van der Waals surface area contributed by atoms with Crippen molar-refractivity contribution in [3.63, 3.8) is 0 Å². The molecule has 0 saturated carbocycles. The zero-order valence-electron chi connectivity index (χ0n) is 9.14. The van der Waals surface area contributed by atoms with E-state index in [4.69, 9.17) is 0 Å². The Morgan fingerprint density at radius 1 is 1.00 bits per heavy atom. The molecule has 0 aromatic carbocycles. The van der Waals surface area contributed by atoms with Crippen LogP contribution in [0.1, 0.15) is 44.7 Å². The second-order valence-electron chi connectivity index (χ2n) is 3.61. The highest BCUT2D eigenvalue weighted by atomic mass is 14.9. The summed E-state index contributed by atoms with van der Waals surface area (Å²) in [6.07, 6.45) is 9.54. The normalized spacial score (nSPS) is 10.7. The molecule has 0 spiro atoms. The van der Waals surface area contributed by atoms with Crippen LogP contribution in [0, 0.1) is 0 Å². The maximum absolute atomic E-state index is 2.35. The van der Waals surface area contributed by atoms with Gasteiger partial charge in [0.2, 0.25) is 0 Å². The molecule has 74 valence electrons. The Labute approximate surface area is 81.8 Å². The average molecular weight is 179 g/mol. The lowest BCUT2D eigenvalue weighted by Crippen LogP contribution is -1.92. The minimum absolute atomic E-state index is 1.17. The third-order valence-electron chi connectivity index (χ3n) is 2.59. The number of hydrogen-bond acceptors (Lipinski definition) is 0. The van der Waals surface area contributed by atoms with Gasteiger partial charge in [0.05, 0.1) is 0 Å². The first-order chi connectivity index (χ1) is 6.31. The van der Waals surface area contributed by atoms with Crippen molar-refractivity contribution in [2.24, 2.45) is 0 Å². The van der Waals surface area contributed by atoms with Crippen LogP contribution < -0.4 is 0 Å². The fraction of sp³-hybridized carbons (Fsp3) is 0.667. The topological polar surface area (TPSA) is 4.93 Å². The number of rotatable bonds is 5. The number of nitrogens with zero attached hydrogens (tertiary/aromatic N) is 1. The molecule has 1 rings (SSSR count). The van der Waals surface area contributed by atoms with Crippen molar-refractivity contribution in [2.45, 2.75) is 53.0 Å². The lowest BCUT2D eigenvalue weighted by Gasteiger charge is -1.98. The van der Waals surface area contributed by atoms with Gasteiger partial charge < -0.3 is 4.57 Å². The summed E-state index contributed by atoms with van der Waals surface area (Å²) in [5.74, 6) is 0. The maximum Gasteiger partial charge on any atom is 0.0219 e. The highest BCUT2D eigenvalue weighted by Gasteiger charge is 2.02. The Hall–Kier alpha value is -0.720. The lowest BCUT2D eigenvalue weighted by atomic mass is 10.1. The highest BCUT2D eigenvalue weighted by molar-refractivity contribution is 5.24. The molecule has 0 aliphatic heterocycles. The van der Waals surface area contributed by atoms with Crippen LogP contribution in [0.5, 0.6) is 0 Å². The Bertz CT molecular complexity index is 226. The van der Waals surface area contributed by atoms with Crippen LogP contribution in [0.3, 0.4) is 0 Å². The molecule has 1 aromatic heterocycles. The first kappa shape index (κ1) is 10.4. The zero-order chi connectivity index (χ0) is 9.68. The van der Waals surface area contributed by atoms with E-state index in [0.717, 1.165) is 0 Å². The van der Waals surface area contributed by atoms with Gasteiger partial charge in [-0.2, -0.15) is 0 Å². The van der Waals surface area contributed by atoms with Gasteiger partial charge in [0.1, 0.15) is 0 Å². The summed E-state index contributed by atoms with van der Waals surface area (Å²) in [6.45, 7) is 7.89. The molecule has 0 N–H and O–H groups in total. The molecule has 1 heterocycles. The Kier molecular flexibility index (Phi) is 4.07. The van der Waals surface area contributed by atoms with Crippen LogP contribution in [-0.4, -0.2) is 4.57 Å². The lowest BCUT2D eigenvalue weighted by molar-refractivity contribution is 0.633. The third-order valence-corrected chi connectivity index (χ3v) is 2.59. The van der Waals surface area contributed by atoms with Crippen molar-refractivity contribution in [3.8, 4) is 0 Å². The molecular weight excluding hydrogens is 158 g/mol. The van der Waals surface area contributed by atoms with E-state index in [1.54, 1.807) is 0 Å². The summed E-state index contributed by atoms with van der Waals surface area (Å²) in [5, 5.41) is 0. The summed E-state index contributed by atoms with van der Waals surface area (Å²) >= 11 is 0. The molecule has 0 atom stereocenters. The smallest absolute Gasteiger partial charge is 0.0219 e. The van der Waals surface area contributed by atoms with Gasteiger partial charge in [-0.05, 0) is 30.4 Å². The van der Waals surface area contributed by atoms with Gasteiger partial charge in [0.25, 0.3) is 0 Å². The predicted molar refractivity (Wildman–Crippen MR) is 58.1 cm³/mol. The van der Waals surface area contributed by atoms with Crippen molar-refractivity contribution in [1.82, 2.24) is 4.57 Å². The molecule has 0 aliphatic rings. The van der Waals surface area contributed by atoms with E-state index in [9.17, 15) is 0 Å². The molecule has 0 amide bonds. The van der Waals surface area contributed by atoms with E-state index in [1.807, 2.05) is 0 Å². The number of aromatic nitrogens is 1. The SMILES string of the molecule is CCCCn1cc(CC)c(CC)c1. The van der Waals surface area contributed by atoms with Crippen LogP contribution in [0.25, 0.3) is 0 Å². The molecule has 13 heavy (non-hydrogen) atoms. The van der Waals surface area contributed by atoms with Gasteiger partial charge in [0, 0.05) is 18.9 Å². The zero-order valence-corrected chi connectivity index (χ0v) is 9.14. The average Bonchev–Trinajstić information content (AvgIpc) is 2.57. The summed E-state index contributed by atoms with van der Waals surface area (Å²) < 4.78 is 2.35. The van der Waals surface area contributed by atoms with Crippen LogP contribution >= 0.6 is 0 Å². The van der Waals surface area contributed by atoms with Gasteiger partial charge in [-0.15, -0.1) is 0 Å². The van der Waals surface area contributed by atoms with E-state index in [1.165, 1.54) is 43.4 Å². The molecule has 0 radical (unpaired) electrons. The first-order valence-electron chi connectivity index (χ1n) is 5.49. The van der Waals surface area contributed by atoms with Crippen molar-refractivity contribution in [1.29, 1.82) is 0 Å². The van der Waals surface area contributed by atoms with E-state index >= 15 is 0 Å². The monoisotopic (exact) mass is 179 g/mol. The molecule has 0 fully saturated rings. The van der Waals surface area contributed by atoms with Crippen molar-refractivity contribution < 1.29 is 0 Å². The highest BCUT2D eigenvalue weighted by Crippen LogP contribution is 2.12. The number of unbranched alkanes of at least 4 members (excludes halogenated alkanes) is 1. The second kappa shape index (κ2) is 5.11. The fourth-order valence-corrected chi connectivity index (χ4v) is 1.71. The van der Waals surface area contributed by atoms with E-state index in [0.29, 0.717) is 0 Å². The van der Waals surface area contributed by atoms with Crippen LogP contribution in [0.15, 0.2) is 12.4 Å². The molecule has 1 heteroatoms. The van der Waals surface area contributed by atoms with Crippen molar-refractivity contribution >= 4 is 0 Å². The molecule has 0 saturated heterocycles. The van der Waals surface area contributed by atoms with Gasteiger partial charge in [-0.1, -0.05) is 27.2 Å². The quantitative estimate of drug-likeness (QED) is 0.652. The predicted octanol–water partition coefficient (Wildman–Crippen LogP) is 3.41. The number of hydrogen-bond donors (Lipinski definition) is 0. The molecule has 0 aliphatic carbocycles. The molecular formula is C12H21N. The van der Waals surface area contributed by atoms with Crippen molar-refractivity contribution in [3.05, 3.63) is 23.5 Å². The summed E-state index contributed by atoms with van der Waals surface area (Å²) in [5.41, 5.74) is 3.05. The molecule has 1 aromatic rings. The molecule has 0 unspecified atom stereocenters. The fourth-order valence-electron chi connectivity index (χ4n) is 1.71. The van der Waals surface area contributed by atoms with Gasteiger partial charge >= 0.3 is 0 Å². The first-order valence-corrected chi connectivity index (χ1v) is 5.49. The van der Waals surface area contributed by atoms with E-state index in [2.05, 4.69) is 37.7 Å². The van der Waals surface area contributed by atoms with E-state index in [-0.39, 0.29) is 0 Å². The Balaban J connectivity index is 2.68. The minimum atomic E-state index is 1.17. The van der Waals surface area contributed by atoms with Crippen LogP contribution in [-0.2, 0) is 19.4 Å². The second-order valence-corrected chi connectivity index (χ2v) is 3.61. The third kappa shape index (κ3) is 2.61. The van der Waals surface area contributed by atoms with Gasteiger partial charge in [0.15, 0.2) is 0 Å². The molecule has 1 nitrogen and oxygen atoms in total. The van der Waals surface area contributed by atoms with E-state index < -0.39 is 0 Å². The summed E-state index contributed by atoms with van der Waals surface area (Å²) in [6, 6.07) is 0.